The van der Waals surface area contributed by atoms with E-state index in [9.17, 15) is 0 Å². The van der Waals surface area contributed by atoms with Gasteiger partial charge in [0.25, 0.3) is 0 Å². The molecule has 0 spiro atoms. The standard InChI is InChI=1S/C10H14ClN3O/c1-7(8-4-5-15-6-8)12-10-3-2-9(11)13-14-10/h2-3,7-8H,4-6H2,1H3,(H,12,14). The number of hydrogen-bond donors (Lipinski definition) is 1. The minimum Gasteiger partial charge on any atom is -0.381 e. The second-order valence-electron chi connectivity index (χ2n) is 3.80. The van der Waals surface area contributed by atoms with Crippen molar-refractivity contribution in [2.24, 2.45) is 5.92 Å². The van der Waals surface area contributed by atoms with Crippen molar-refractivity contribution in [1.82, 2.24) is 10.2 Å². The summed E-state index contributed by atoms with van der Waals surface area (Å²) in [6.07, 6.45) is 1.11. The van der Waals surface area contributed by atoms with Gasteiger partial charge in [-0.05, 0) is 25.5 Å². The zero-order valence-electron chi connectivity index (χ0n) is 8.61. The quantitative estimate of drug-likeness (QED) is 0.858. The van der Waals surface area contributed by atoms with Crippen LogP contribution in [0, 0.1) is 5.92 Å². The van der Waals surface area contributed by atoms with E-state index in [-0.39, 0.29) is 0 Å². The van der Waals surface area contributed by atoms with Crippen LogP contribution in [0.2, 0.25) is 5.15 Å². The molecule has 0 saturated carbocycles. The fraction of sp³-hybridized carbons (Fsp3) is 0.600. The number of nitrogens with one attached hydrogen (secondary N) is 1. The SMILES string of the molecule is CC(Nc1ccc(Cl)nn1)C1CCOC1. The van der Waals surface area contributed by atoms with E-state index in [0.29, 0.717) is 17.1 Å². The van der Waals surface area contributed by atoms with Gasteiger partial charge in [0.1, 0.15) is 5.82 Å². The van der Waals surface area contributed by atoms with Crippen molar-refractivity contribution in [2.45, 2.75) is 19.4 Å². The van der Waals surface area contributed by atoms with Crippen LogP contribution in [0.4, 0.5) is 5.82 Å². The third-order valence-electron chi connectivity index (χ3n) is 2.68. The molecule has 1 aliphatic heterocycles. The molecular weight excluding hydrogens is 214 g/mol. The minimum absolute atomic E-state index is 0.350. The number of anilines is 1. The number of ether oxygens (including phenoxy) is 1. The van der Waals surface area contributed by atoms with E-state index < -0.39 is 0 Å². The highest BCUT2D eigenvalue weighted by Gasteiger charge is 2.22. The molecule has 2 unspecified atom stereocenters. The zero-order chi connectivity index (χ0) is 10.7. The third-order valence-corrected chi connectivity index (χ3v) is 2.88. The van der Waals surface area contributed by atoms with Gasteiger partial charge in [-0.15, -0.1) is 10.2 Å². The monoisotopic (exact) mass is 227 g/mol. The summed E-state index contributed by atoms with van der Waals surface area (Å²) in [5, 5.41) is 11.4. The van der Waals surface area contributed by atoms with Gasteiger partial charge in [-0.25, -0.2) is 0 Å². The van der Waals surface area contributed by atoms with E-state index in [0.717, 1.165) is 25.5 Å². The Labute approximate surface area is 94.0 Å². The number of nitrogens with zero attached hydrogens (tertiary/aromatic N) is 2. The number of rotatable bonds is 3. The molecule has 1 fully saturated rings. The largest absolute Gasteiger partial charge is 0.381 e. The summed E-state index contributed by atoms with van der Waals surface area (Å²) in [5.41, 5.74) is 0. The fourth-order valence-corrected chi connectivity index (χ4v) is 1.79. The van der Waals surface area contributed by atoms with Crippen molar-refractivity contribution < 1.29 is 4.74 Å². The van der Waals surface area contributed by atoms with Gasteiger partial charge in [0.05, 0.1) is 6.61 Å². The van der Waals surface area contributed by atoms with E-state index in [4.69, 9.17) is 16.3 Å². The van der Waals surface area contributed by atoms with Crippen molar-refractivity contribution in [1.29, 1.82) is 0 Å². The van der Waals surface area contributed by atoms with Gasteiger partial charge in [-0.2, -0.15) is 0 Å². The van der Waals surface area contributed by atoms with E-state index in [1.165, 1.54) is 0 Å². The predicted molar refractivity (Wildman–Crippen MR) is 59.1 cm³/mol. The predicted octanol–water partition coefficient (Wildman–Crippen LogP) is 1.97. The van der Waals surface area contributed by atoms with Crippen molar-refractivity contribution in [2.75, 3.05) is 18.5 Å². The topological polar surface area (TPSA) is 47.0 Å². The molecule has 1 N–H and O–H groups in total. The van der Waals surface area contributed by atoms with E-state index in [1.54, 1.807) is 6.07 Å². The normalized spacial score (nSPS) is 22.7. The molecule has 2 heterocycles. The fourth-order valence-electron chi connectivity index (χ4n) is 1.69. The first kappa shape index (κ1) is 10.6. The van der Waals surface area contributed by atoms with Gasteiger partial charge < -0.3 is 10.1 Å². The molecule has 1 aromatic rings. The molecule has 15 heavy (non-hydrogen) atoms. The highest BCUT2D eigenvalue weighted by atomic mass is 35.5. The van der Waals surface area contributed by atoms with Gasteiger partial charge in [-0.3, -0.25) is 0 Å². The molecule has 0 radical (unpaired) electrons. The van der Waals surface area contributed by atoms with Crippen LogP contribution in [-0.2, 0) is 4.74 Å². The Morgan fingerprint density at radius 2 is 2.40 bits per heavy atom. The molecule has 0 aromatic carbocycles. The van der Waals surface area contributed by atoms with Crippen molar-refractivity contribution >= 4 is 17.4 Å². The number of hydrogen-bond acceptors (Lipinski definition) is 4. The lowest BCUT2D eigenvalue weighted by atomic mass is 10.0. The zero-order valence-corrected chi connectivity index (χ0v) is 9.37. The average molecular weight is 228 g/mol. The average Bonchev–Trinajstić information content (AvgIpc) is 2.74. The van der Waals surface area contributed by atoms with Crippen LogP contribution in [0.3, 0.4) is 0 Å². The Hall–Kier alpha value is -0.870. The number of halogens is 1. The smallest absolute Gasteiger partial charge is 0.151 e. The van der Waals surface area contributed by atoms with E-state index in [1.807, 2.05) is 6.07 Å². The lowest BCUT2D eigenvalue weighted by Crippen LogP contribution is -2.26. The Kier molecular flexibility index (Phi) is 3.38. The first-order chi connectivity index (χ1) is 7.25. The Morgan fingerprint density at radius 1 is 1.53 bits per heavy atom. The van der Waals surface area contributed by atoms with E-state index >= 15 is 0 Å². The lowest BCUT2D eigenvalue weighted by molar-refractivity contribution is 0.183. The van der Waals surface area contributed by atoms with Crippen LogP contribution in [-0.4, -0.2) is 29.5 Å². The van der Waals surface area contributed by atoms with Gasteiger partial charge in [-0.1, -0.05) is 11.6 Å². The lowest BCUT2D eigenvalue weighted by Gasteiger charge is -2.19. The third kappa shape index (κ3) is 2.79. The maximum Gasteiger partial charge on any atom is 0.151 e. The maximum absolute atomic E-state index is 5.65. The molecule has 2 rings (SSSR count). The summed E-state index contributed by atoms with van der Waals surface area (Å²) in [5.74, 6) is 1.32. The highest BCUT2D eigenvalue weighted by molar-refractivity contribution is 6.29. The van der Waals surface area contributed by atoms with Crippen LogP contribution < -0.4 is 5.32 Å². The van der Waals surface area contributed by atoms with Crippen molar-refractivity contribution in [3.8, 4) is 0 Å². The van der Waals surface area contributed by atoms with Crippen molar-refractivity contribution in [3.63, 3.8) is 0 Å². The van der Waals surface area contributed by atoms with Crippen LogP contribution in [0.1, 0.15) is 13.3 Å². The molecule has 0 bridgehead atoms. The number of aromatic nitrogens is 2. The van der Waals surface area contributed by atoms with Gasteiger partial charge in [0.2, 0.25) is 0 Å². The van der Waals surface area contributed by atoms with Crippen LogP contribution in [0.5, 0.6) is 0 Å². The summed E-state index contributed by atoms with van der Waals surface area (Å²) in [7, 11) is 0. The first-order valence-corrected chi connectivity index (χ1v) is 5.47. The Balaban J connectivity index is 1.92. The van der Waals surface area contributed by atoms with Gasteiger partial charge in [0.15, 0.2) is 5.15 Å². The molecule has 4 nitrogen and oxygen atoms in total. The summed E-state index contributed by atoms with van der Waals surface area (Å²) < 4.78 is 5.34. The summed E-state index contributed by atoms with van der Waals surface area (Å²) >= 11 is 5.65. The molecule has 1 saturated heterocycles. The van der Waals surface area contributed by atoms with E-state index in [2.05, 4.69) is 22.4 Å². The molecule has 0 amide bonds. The Morgan fingerprint density at radius 3 is 3.00 bits per heavy atom. The molecule has 1 aromatic heterocycles. The van der Waals surface area contributed by atoms with Crippen LogP contribution >= 0.6 is 11.6 Å². The molecular formula is C10H14ClN3O. The highest BCUT2D eigenvalue weighted by Crippen LogP contribution is 2.19. The van der Waals surface area contributed by atoms with Crippen molar-refractivity contribution in [3.05, 3.63) is 17.3 Å². The summed E-state index contributed by atoms with van der Waals surface area (Å²) in [4.78, 5) is 0. The van der Waals surface area contributed by atoms with Crippen LogP contribution in [0.15, 0.2) is 12.1 Å². The van der Waals surface area contributed by atoms with Gasteiger partial charge in [0, 0.05) is 18.6 Å². The molecule has 5 heteroatoms. The molecule has 1 aliphatic rings. The summed E-state index contributed by atoms with van der Waals surface area (Å²) in [6, 6.07) is 3.92. The van der Waals surface area contributed by atoms with Gasteiger partial charge >= 0.3 is 0 Å². The first-order valence-electron chi connectivity index (χ1n) is 5.09. The molecule has 2 atom stereocenters. The Bertz CT molecular complexity index is 311. The molecule has 82 valence electrons. The second-order valence-corrected chi connectivity index (χ2v) is 4.19. The molecule has 0 aliphatic carbocycles. The maximum atomic E-state index is 5.65. The summed E-state index contributed by atoms with van der Waals surface area (Å²) in [6.45, 7) is 3.83. The van der Waals surface area contributed by atoms with Crippen LogP contribution in [0.25, 0.3) is 0 Å². The minimum atomic E-state index is 0.350. The second kappa shape index (κ2) is 4.77.